The number of carbonyl (C=O) groups excluding carboxylic acids is 1. The quantitative estimate of drug-likeness (QED) is 0.885. The molecule has 22 heavy (non-hydrogen) atoms. The van der Waals surface area contributed by atoms with E-state index in [0.29, 0.717) is 0 Å². The van der Waals surface area contributed by atoms with Gasteiger partial charge in [-0.1, -0.05) is 12.1 Å². The number of hydrogen-bond donors (Lipinski definition) is 1. The van der Waals surface area contributed by atoms with Gasteiger partial charge in [-0.05, 0) is 35.9 Å². The molecule has 2 aromatic carbocycles. The van der Waals surface area contributed by atoms with Crippen LogP contribution in [0.25, 0.3) is 0 Å². The molecule has 0 aromatic heterocycles. The number of ether oxygens (including phenoxy) is 1. The monoisotopic (exact) mass is 324 g/mol. The van der Waals surface area contributed by atoms with Crippen molar-refractivity contribution in [2.24, 2.45) is 0 Å². The Morgan fingerprint density at radius 1 is 1.18 bits per heavy atom. The van der Waals surface area contributed by atoms with Gasteiger partial charge in [0.1, 0.15) is 16.5 Å². The molecule has 2 aromatic rings. The van der Waals surface area contributed by atoms with Gasteiger partial charge in [0, 0.05) is 5.69 Å². The van der Waals surface area contributed by atoms with E-state index in [1.165, 1.54) is 37.4 Å². The summed E-state index contributed by atoms with van der Waals surface area (Å²) in [5, 5.41) is 10.6. The highest BCUT2D eigenvalue weighted by Gasteiger charge is 2.20. The van der Waals surface area contributed by atoms with Crippen molar-refractivity contribution >= 4 is 21.7 Å². The molecule has 0 spiro atoms. The molecule has 8 heteroatoms. The number of carboxylic acid groups (broad SMARTS) is 1. The van der Waals surface area contributed by atoms with Crippen molar-refractivity contribution < 1.29 is 27.4 Å². The fourth-order valence-electron chi connectivity index (χ4n) is 1.75. The van der Waals surface area contributed by atoms with Crippen molar-refractivity contribution in [3.63, 3.8) is 0 Å². The number of halogens is 1. The zero-order valence-corrected chi connectivity index (χ0v) is 12.2. The summed E-state index contributed by atoms with van der Waals surface area (Å²) >= 11 is 0. The predicted molar refractivity (Wildman–Crippen MR) is 74.5 cm³/mol. The average Bonchev–Trinajstić information content (AvgIpc) is 2.47. The van der Waals surface area contributed by atoms with E-state index < -0.39 is 21.8 Å². The minimum atomic E-state index is -4.09. The van der Waals surface area contributed by atoms with Crippen LogP contribution >= 0.6 is 0 Å². The van der Waals surface area contributed by atoms with E-state index in [1.54, 1.807) is 0 Å². The van der Waals surface area contributed by atoms with Crippen LogP contribution in [0.1, 0.15) is 10.4 Å². The summed E-state index contributed by atoms with van der Waals surface area (Å²) in [5.74, 6) is -2.12. The summed E-state index contributed by atoms with van der Waals surface area (Å²) < 4.78 is 44.9. The van der Waals surface area contributed by atoms with E-state index >= 15 is 0 Å². The Labute approximate surface area is 126 Å². The van der Waals surface area contributed by atoms with Crippen LogP contribution in [0.3, 0.4) is 0 Å². The van der Waals surface area contributed by atoms with Gasteiger partial charge in [0.2, 0.25) is 0 Å². The first-order valence-electron chi connectivity index (χ1n) is 6.01. The third kappa shape index (κ3) is 3.34. The molecule has 2 rings (SSSR count). The largest absolute Gasteiger partial charge is 0.545 e. The second-order valence-corrected chi connectivity index (χ2v) is 5.92. The number of hydrogen-bond acceptors (Lipinski definition) is 5. The van der Waals surface area contributed by atoms with E-state index in [1.807, 2.05) is 0 Å². The molecule has 0 saturated heterocycles. The fourth-order valence-corrected chi connectivity index (χ4v) is 2.99. The number of rotatable bonds is 5. The van der Waals surface area contributed by atoms with Gasteiger partial charge in [0.05, 0.1) is 13.1 Å². The molecule has 0 bridgehead atoms. The summed E-state index contributed by atoms with van der Waals surface area (Å²) in [6.45, 7) is 0. The second-order valence-electron chi connectivity index (χ2n) is 4.27. The van der Waals surface area contributed by atoms with Gasteiger partial charge in [-0.3, -0.25) is 4.72 Å². The summed E-state index contributed by atoms with van der Waals surface area (Å²) in [7, 11) is -2.82. The highest BCUT2D eigenvalue weighted by atomic mass is 32.2. The van der Waals surface area contributed by atoms with Crippen LogP contribution in [0.2, 0.25) is 0 Å². The lowest BCUT2D eigenvalue weighted by atomic mass is 10.2. The van der Waals surface area contributed by atoms with Gasteiger partial charge in [-0.2, -0.15) is 0 Å². The van der Waals surface area contributed by atoms with Gasteiger partial charge in [0.15, 0.2) is 0 Å². The highest BCUT2D eigenvalue weighted by Crippen LogP contribution is 2.26. The van der Waals surface area contributed by atoms with Gasteiger partial charge >= 0.3 is 0 Å². The van der Waals surface area contributed by atoms with Crippen LogP contribution in [0.4, 0.5) is 10.1 Å². The number of anilines is 1. The molecule has 116 valence electrons. The van der Waals surface area contributed by atoms with Crippen molar-refractivity contribution in [1.82, 2.24) is 0 Å². The second kappa shape index (κ2) is 6.02. The Kier molecular flexibility index (Phi) is 4.32. The van der Waals surface area contributed by atoms with Crippen molar-refractivity contribution in [2.75, 3.05) is 11.8 Å². The van der Waals surface area contributed by atoms with Crippen LogP contribution < -0.4 is 14.6 Å². The maximum Gasteiger partial charge on any atom is 0.265 e. The van der Waals surface area contributed by atoms with Gasteiger partial charge < -0.3 is 14.6 Å². The van der Waals surface area contributed by atoms with Crippen LogP contribution in [0, 0.1) is 5.82 Å². The minimum absolute atomic E-state index is 0.0137. The number of carboxylic acids is 1. The van der Waals surface area contributed by atoms with E-state index in [-0.39, 0.29) is 21.9 Å². The normalized spacial score (nSPS) is 11.0. The molecule has 0 amide bonds. The predicted octanol–water partition coefficient (Wildman–Crippen LogP) is 0.999. The molecule has 0 radical (unpaired) electrons. The molecule has 6 nitrogen and oxygen atoms in total. The number of carbonyl (C=O) groups is 1. The number of benzene rings is 2. The molecule has 0 unspecified atom stereocenters. The number of sulfonamides is 1. The summed E-state index contributed by atoms with van der Waals surface area (Å²) in [6.07, 6.45) is 0. The van der Waals surface area contributed by atoms with Gasteiger partial charge in [-0.15, -0.1) is 0 Å². The van der Waals surface area contributed by atoms with Crippen LogP contribution in [0.15, 0.2) is 47.4 Å². The maximum atomic E-state index is 13.3. The van der Waals surface area contributed by atoms with Crippen LogP contribution in [0.5, 0.6) is 5.75 Å². The topological polar surface area (TPSA) is 95.5 Å². The standard InChI is InChI=1S/C14H12FNO5S/c1-21-12-7-4-10(15)8-13(12)22(19,20)16-11-5-2-9(3-6-11)14(17)18/h2-8,16H,1H3,(H,17,18)/p-1. The number of aromatic carboxylic acids is 1. The molecule has 0 atom stereocenters. The summed E-state index contributed by atoms with van der Waals surface area (Å²) in [4.78, 5) is 10.3. The highest BCUT2D eigenvalue weighted by molar-refractivity contribution is 7.92. The Morgan fingerprint density at radius 3 is 2.36 bits per heavy atom. The molecule has 0 fully saturated rings. The van der Waals surface area contributed by atoms with E-state index in [0.717, 1.165) is 12.1 Å². The third-order valence-corrected chi connectivity index (χ3v) is 4.19. The summed E-state index contributed by atoms with van der Waals surface area (Å²) in [5.41, 5.74) is 0.0302. The molecule has 0 aliphatic rings. The Bertz CT molecular complexity index is 802. The third-order valence-electron chi connectivity index (χ3n) is 2.79. The van der Waals surface area contributed by atoms with Crippen LogP contribution in [-0.2, 0) is 10.0 Å². The lowest BCUT2D eigenvalue weighted by Crippen LogP contribution is -2.22. The Balaban J connectivity index is 2.35. The van der Waals surface area contributed by atoms with Crippen molar-refractivity contribution in [3.8, 4) is 5.75 Å². The molecule has 0 heterocycles. The van der Waals surface area contributed by atoms with Crippen molar-refractivity contribution in [3.05, 3.63) is 53.8 Å². The first-order chi connectivity index (χ1) is 10.3. The van der Waals surface area contributed by atoms with Crippen LogP contribution in [-0.4, -0.2) is 21.5 Å². The molecule has 0 aliphatic carbocycles. The van der Waals surface area contributed by atoms with Crippen molar-refractivity contribution in [2.45, 2.75) is 4.90 Å². The van der Waals surface area contributed by atoms with Gasteiger partial charge in [0.25, 0.3) is 10.0 Å². The molecule has 1 N–H and O–H groups in total. The number of methoxy groups -OCH3 is 1. The minimum Gasteiger partial charge on any atom is -0.545 e. The molecular formula is C14H11FNO5S-. The average molecular weight is 324 g/mol. The SMILES string of the molecule is COc1ccc(F)cc1S(=O)(=O)Nc1ccc(C(=O)[O-])cc1. The Morgan fingerprint density at radius 2 is 1.82 bits per heavy atom. The zero-order valence-electron chi connectivity index (χ0n) is 11.4. The van der Waals surface area contributed by atoms with Crippen molar-refractivity contribution in [1.29, 1.82) is 0 Å². The van der Waals surface area contributed by atoms with E-state index in [4.69, 9.17) is 4.74 Å². The van der Waals surface area contributed by atoms with Gasteiger partial charge in [-0.25, -0.2) is 12.8 Å². The first-order valence-corrected chi connectivity index (χ1v) is 7.49. The smallest absolute Gasteiger partial charge is 0.265 e. The van der Waals surface area contributed by atoms with E-state index in [9.17, 15) is 22.7 Å². The fraction of sp³-hybridized carbons (Fsp3) is 0.0714. The lowest BCUT2D eigenvalue weighted by Gasteiger charge is -2.12. The summed E-state index contributed by atoms with van der Waals surface area (Å²) in [6, 6.07) is 8.00. The number of nitrogens with one attached hydrogen (secondary N) is 1. The molecular weight excluding hydrogens is 313 g/mol. The Hall–Kier alpha value is -2.61. The molecule has 0 aliphatic heterocycles. The zero-order chi connectivity index (χ0) is 16.3. The van der Waals surface area contributed by atoms with E-state index in [2.05, 4.69) is 4.72 Å². The maximum absolute atomic E-state index is 13.3. The first kappa shape index (κ1) is 15.8. The lowest BCUT2D eigenvalue weighted by molar-refractivity contribution is -0.255. The molecule has 0 saturated carbocycles.